The molecule has 0 aliphatic carbocycles. The number of hydrogen-bond acceptors (Lipinski definition) is 7. The summed E-state index contributed by atoms with van der Waals surface area (Å²) in [6, 6.07) is 0. The molecule has 1 aromatic rings. The normalized spacial score (nSPS) is 11.5. The zero-order valence-corrected chi connectivity index (χ0v) is 17.9. The molecule has 0 aromatic heterocycles. The van der Waals surface area contributed by atoms with Crippen molar-refractivity contribution in [1.29, 1.82) is 0 Å². The van der Waals surface area contributed by atoms with Gasteiger partial charge in [0, 0.05) is 24.9 Å². The minimum absolute atomic E-state index is 0.0710. The van der Waals surface area contributed by atoms with Crippen LogP contribution in [0, 0.1) is 34.5 Å². The fourth-order valence-corrected chi connectivity index (χ4v) is 2.71. The maximum Gasteiger partial charge on any atom is 0.343 e. The molecule has 0 saturated carbocycles. The number of carbonyl (C=O) groups excluding carboxylic acids is 2. The number of carbonyl (C=O) groups is 2. The summed E-state index contributed by atoms with van der Waals surface area (Å²) in [4.78, 5) is 35.3. The Kier molecular flexibility index (Phi) is 10.1. The molecule has 8 nitrogen and oxygen atoms in total. The number of Topliss-reactive ketones (excluding diaryl/α,β-unsaturated/α-hetero) is 1. The Bertz CT molecular complexity index is 868. The molecule has 0 spiro atoms. The van der Waals surface area contributed by atoms with Crippen LogP contribution in [0.15, 0.2) is 11.8 Å². The number of ketones is 1. The van der Waals surface area contributed by atoms with Gasteiger partial charge in [0.1, 0.15) is 17.0 Å². The first kappa shape index (κ1) is 26.1. The number of rotatable bonds is 12. The Balaban J connectivity index is 3.59. The van der Waals surface area contributed by atoms with Crippen molar-refractivity contribution >= 4 is 17.4 Å². The fourth-order valence-electron chi connectivity index (χ4n) is 2.71. The van der Waals surface area contributed by atoms with Gasteiger partial charge >= 0.3 is 11.7 Å². The zero-order chi connectivity index (χ0) is 23.7. The van der Waals surface area contributed by atoms with Gasteiger partial charge in [0.2, 0.25) is 11.6 Å². The predicted molar refractivity (Wildman–Crippen MR) is 107 cm³/mol. The number of hydrogen-bond donors (Lipinski definition) is 1. The number of nitrogens with one attached hydrogen (secondary N) is 1. The molecular weight excluding hydrogens is 419 g/mol. The summed E-state index contributed by atoms with van der Waals surface area (Å²) in [6.45, 7) is 7.33. The van der Waals surface area contributed by atoms with Crippen LogP contribution in [0.2, 0.25) is 0 Å². The SMILES string of the molecule is CCCOC(=O)C(=CNN(CCC)CCC)C(=O)c1c(F)c(C)c(F)c(F)c1[N+](=O)[O-]. The van der Waals surface area contributed by atoms with Gasteiger partial charge in [-0.3, -0.25) is 14.9 Å². The van der Waals surface area contributed by atoms with E-state index in [1.165, 1.54) is 0 Å². The highest BCUT2D eigenvalue weighted by Gasteiger charge is 2.37. The largest absolute Gasteiger partial charge is 0.462 e. The molecule has 0 aliphatic heterocycles. The third-order valence-electron chi connectivity index (χ3n) is 4.21. The van der Waals surface area contributed by atoms with E-state index in [0.29, 0.717) is 19.5 Å². The van der Waals surface area contributed by atoms with Gasteiger partial charge in [-0.15, -0.1) is 0 Å². The van der Waals surface area contributed by atoms with Gasteiger partial charge in [-0.2, -0.15) is 4.39 Å². The van der Waals surface area contributed by atoms with Crippen LogP contribution in [0.3, 0.4) is 0 Å². The summed E-state index contributed by atoms with van der Waals surface area (Å²) >= 11 is 0. The molecule has 0 unspecified atom stereocenters. The summed E-state index contributed by atoms with van der Waals surface area (Å²) in [5.74, 6) is -8.06. The molecule has 0 heterocycles. The maximum absolute atomic E-state index is 14.7. The van der Waals surface area contributed by atoms with Gasteiger partial charge in [-0.1, -0.05) is 20.8 Å². The molecule has 0 atom stereocenters. The van der Waals surface area contributed by atoms with Crippen molar-refractivity contribution in [3.8, 4) is 0 Å². The molecule has 1 N–H and O–H groups in total. The molecular formula is C20H26F3N3O5. The molecule has 31 heavy (non-hydrogen) atoms. The lowest BCUT2D eigenvalue weighted by atomic mass is 9.98. The average molecular weight is 445 g/mol. The van der Waals surface area contributed by atoms with Crippen molar-refractivity contribution in [2.24, 2.45) is 0 Å². The third kappa shape index (κ3) is 6.27. The summed E-state index contributed by atoms with van der Waals surface area (Å²) in [6.07, 6.45) is 2.81. The van der Waals surface area contributed by atoms with E-state index in [-0.39, 0.29) is 6.61 Å². The fraction of sp³-hybridized carbons (Fsp3) is 0.500. The second-order valence-corrected chi connectivity index (χ2v) is 6.69. The van der Waals surface area contributed by atoms with Crippen LogP contribution >= 0.6 is 0 Å². The molecule has 1 rings (SSSR count). The monoisotopic (exact) mass is 445 g/mol. The predicted octanol–water partition coefficient (Wildman–Crippen LogP) is 3.97. The van der Waals surface area contributed by atoms with Crippen molar-refractivity contribution < 1.29 is 32.4 Å². The lowest BCUT2D eigenvalue weighted by Crippen LogP contribution is -2.37. The van der Waals surface area contributed by atoms with Crippen molar-refractivity contribution in [2.45, 2.75) is 47.0 Å². The molecule has 0 bridgehead atoms. The van der Waals surface area contributed by atoms with Gasteiger partial charge in [0.15, 0.2) is 5.82 Å². The molecule has 11 heteroatoms. The van der Waals surface area contributed by atoms with Crippen LogP contribution in [-0.2, 0) is 9.53 Å². The number of nitro benzene ring substituents is 1. The number of benzene rings is 1. The number of halogens is 3. The molecule has 0 saturated heterocycles. The van der Waals surface area contributed by atoms with E-state index in [1.807, 2.05) is 13.8 Å². The van der Waals surface area contributed by atoms with Crippen LogP contribution in [0.25, 0.3) is 0 Å². The molecule has 0 fully saturated rings. The van der Waals surface area contributed by atoms with Crippen LogP contribution in [0.1, 0.15) is 56.0 Å². The van der Waals surface area contributed by atoms with Gasteiger partial charge in [0.05, 0.1) is 11.5 Å². The van der Waals surface area contributed by atoms with Crippen molar-refractivity contribution in [1.82, 2.24) is 10.4 Å². The highest BCUT2D eigenvalue weighted by atomic mass is 19.2. The highest BCUT2D eigenvalue weighted by Crippen LogP contribution is 2.32. The van der Waals surface area contributed by atoms with E-state index in [4.69, 9.17) is 4.74 Å². The van der Waals surface area contributed by atoms with Crippen molar-refractivity contribution in [3.05, 3.63) is 50.5 Å². The van der Waals surface area contributed by atoms with E-state index < -0.39 is 56.5 Å². The minimum atomic E-state index is -1.99. The Morgan fingerprint density at radius 1 is 1.06 bits per heavy atom. The molecule has 0 aliphatic rings. The summed E-state index contributed by atoms with van der Waals surface area (Å²) in [7, 11) is 0. The van der Waals surface area contributed by atoms with E-state index in [2.05, 4.69) is 5.43 Å². The summed E-state index contributed by atoms with van der Waals surface area (Å²) < 4.78 is 47.7. The number of ether oxygens (including phenoxy) is 1. The van der Waals surface area contributed by atoms with Gasteiger partial charge < -0.3 is 10.2 Å². The first-order valence-corrected chi connectivity index (χ1v) is 9.86. The van der Waals surface area contributed by atoms with Gasteiger partial charge in [-0.05, 0) is 26.2 Å². The first-order valence-electron chi connectivity index (χ1n) is 9.86. The number of nitrogens with zero attached hydrogens (tertiary/aromatic N) is 2. The van der Waals surface area contributed by atoms with Crippen LogP contribution in [0.4, 0.5) is 18.9 Å². The standard InChI is InChI=1S/C20H26F3N3O5/c1-5-8-25(9-6-2)24-11-13(20(28)31-10-7-3)19(27)14-15(21)12(4)16(22)17(23)18(14)26(29)30/h11,24H,5-10H2,1-4H3. The van der Waals surface area contributed by atoms with E-state index in [0.717, 1.165) is 26.0 Å². The Labute approximate surface area is 178 Å². The Hall–Kier alpha value is -2.95. The smallest absolute Gasteiger partial charge is 0.343 e. The van der Waals surface area contributed by atoms with Gasteiger partial charge in [-0.25, -0.2) is 18.6 Å². The second kappa shape index (κ2) is 12.0. The molecule has 172 valence electrons. The maximum atomic E-state index is 14.7. The number of nitro groups is 1. The lowest BCUT2D eigenvalue weighted by Gasteiger charge is -2.21. The first-order chi connectivity index (χ1) is 14.6. The van der Waals surface area contributed by atoms with Crippen LogP contribution < -0.4 is 5.43 Å². The molecule has 0 amide bonds. The summed E-state index contributed by atoms with van der Waals surface area (Å²) in [5, 5.41) is 13.0. The molecule has 1 aromatic carbocycles. The second-order valence-electron chi connectivity index (χ2n) is 6.69. The van der Waals surface area contributed by atoms with E-state index in [9.17, 15) is 32.9 Å². The van der Waals surface area contributed by atoms with Crippen LogP contribution in [-0.4, -0.2) is 41.4 Å². The molecule has 0 radical (unpaired) electrons. The zero-order valence-electron chi connectivity index (χ0n) is 17.9. The average Bonchev–Trinajstić information content (AvgIpc) is 2.72. The van der Waals surface area contributed by atoms with Crippen molar-refractivity contribution in [2.75, 3.05) is 19.7 Å². The quantitative estimate of drug-likeness (QED) is 0.0759. The van der Waals surface area contributed by atoms with E-state index in [1.54, 1.807) is 11.9 Å². The van der Waals surface area contributed by atoms with Crippen LogP contribution in [0.5, 0.6) is 0 Å². The Morgan fingerprint density at radius 3 is 2.13 bits per heavy atom. The van der Waals surface area contributed by atoms with E-state index >= 15 is 0 Å². The third-order valence-corrected chi connectivity index (χ3v) is 4.21. The topological polar surface area (TPSA) is 102 Å². The lowest BCUT2D eigenvalue weighted by molar-refractivity contribution is -0.388. The van der Waals surface area contributed by atoms with Gasteiger partial charge in [0.25, 0.3) is 0 Å². The highest BCUT2D eigenvalue weighted by molar-refractivity contribution is 6.25. The summed E-state index contributed by atoms with van der Waals surface area (Å²) in [5.41, 5.74) is -2.00. The minimum Gasteiger partial charge on any atom is -0.462 e. The number of hydrazine groups is 1. The Morgan fingerprint density at radius 2 is 1.65 bits per heavy atom. The van der Waals surface area contributed by atoms with Crippen molar-refractivity contribution in [3.63, 3.8) is 0 Å². The number of esters is 1.